The third-order valence-corrected chi connectivity index (χ3v) is 2.80. The molecule has 0 heterocycles. The Morgan fingerprint density at radius 3 is 2.50 bits per heavy atom. The van der Waals surface area contributed by atoms with Gasteiger partial charge < -0.3 is 10.4 Å². The van der Waals surface area contributed by atoms with Crippen molar-refractivity contribution >= 4 is 28.9 Å². The van der Waals surface area contributed by atoms with Crippen LogP contribution in [0.2, 0.25) is 5.02 Å². The van der Waals surface area contributed by atoms with E-state index in [4.69, 9.17) is 16.7 Å². The molecule has 18 heavy (non-hydrogen) atoms. The van der Waals surface area contributed by atoms with Crippen LogP contribution in [-0.2, 0) is 11.2 Å². The molecule has 2 N–H and O–H groups in total. The first-order valence-corrected chi connectivity index (χ1v) is 5.86. The molecular weight excluding hydrogens is 250 g/mol. The number of carbonyl (C=O) groups is 1. The molecule has 3 nitrogen and oxygen atoms in total. The number of rotatable bonds is 4. The number of benzene rings is 2. The molecule has 0 spiro atoms. The van der Waals surface area contributed by atoms with Crippen molar-refractivity contribution in [1.82, 2.24) is 0 Å². The van der Waals surface area contributed by atoms with Crippen molar-refractivity contribution in [2.45, 2.75) is 6.42 Å². The van der Waals surface area contributed by atoms with Crippen molar-refractivity contribution in [3.05, 3.63) is 59.1 Å². The van der Waals surface area contributed by atoms with Crippen LogP contribution >= 0.6 is 11.6 Å². The summed E-state index contributed by atoms with van der Waals surface area (Å²) in [4.78, 5) is 10.8. The number of para-hydroxylation sites is 2. The predicted octanol–water partition coefficient (Wildman–Crippen LogP) is 3.71. The van der Waals surface area contributed by atoms with Gasteiger partial charge in [0.05, 0.1) is 17.1 Å². The van der Waals surface area contributed by atoms with Gasteiger partial charge in [0.2, 0.25) is 0 Å². The predicted molar refractivity (Wildman–Crippen MR) is 72.5 cm³/mol. The maximum absolute atomic E-state index is 10.8. The summed E-state index contributed by atoms with van der Waals surface area (Å²) in [5, 5.41) is 12.5. The molecule has 0 aromatic heterocycles. The number of aliphatic carboxylic acids is 1. The molecular formula is C14H12ClNO2. The first-order valence-electron chi connectivity index (χ1n) is 5.48. The Balaban J connectivity index is 2.34. The smallest absolute Gasteiger partial charge is 0.307 e. The van der Waals surface area contributed by atoms with Gasteiger partial charge in [-0.15, -0.1) is 0 Å². The molecule has 0 aliphatic carbocycles. The third kappa shape index (κ3) is 3.02. The second-order valence-corrected chi connectivity index (χ2v) is 4.24. The quantitative estimate of drug-likeness (QED) is 0.882. The Morgan fingerprint density at radius 2 is 1.83 bits per heavy atom. The molecule has 0 aliphatic heterocycles. The van der Waals surface area contributed by atoms with Crippen molar-refractivity contribution in [3.8, 4) is 0 Å². The summed E-state index contributed by atoms with van der Waals surface area (Å²) in [5.41, 5.74) is 2.18. The van der Waals surface area contributed by atoms with E-state index >= 15 is 0 Å². The standard InChI is InChI=1S/C14H12ClNO2/c15-12-8-4-5-10(9-13(17)18)14(12)16-11-6-2-1-3-7-11/h1-8,16H,9H2,(H,17,18). The Labute approximate surface area is 110 Å². The van der Waals surface area contributed by atoms with Crippen molar-refractivity contribution in [2.24, 2.45) is 0 Å². The van der Waals surface area contributed by atoms with Crippen molar-refractivity contribution < 1.29 is 9.90 Å². The maximum atomic E-state index is 10.8. The third-order valence-electron chi connectivity index (χ3n) is 2.48. The zero-order chi connectivity index (χ0) is 13.0. The lowest BCUT2D eigenvalue weighted by Crippen LogP contribution is -2.04. The SMILES string of the molecule is O=C(O)Cc1cccc(Cl)c1Nc1ccccc1. The van der Waals surface area contributed by atoms with Crippen LogP contribution in [0.1, 0.15) is 5.56 Å². The summed E-state index contributed by atoms with van der Waals surface area (Å²) >= 11 is 6.11. The number of carboxylic acids is 1. The summed E-state index contributed by atoms with van der Waals surface area (Å²) in [6.45, 7) is 0. The monoisotopic (exact) mass is 261 g/mol. The van der Waals surface area contributed by atoms with Gasteiger partial charge in [-0.3, -0.25) is 4.79 Å². The highest BCUT2D eigenvalue weighted by atomic mass is 35.5. The Bertz CT molecular complexity index is 555. The number of nitrogens with one attached hydrogen (secondary N) is 1. The fourth-order valence-electron chi connectivity index (χ4n) is 1.68. The highest BCUT2D eigenvalue weighted by Gasteiger charge is 2.10. The minimum Gasteiger partial charge on any atom is -0.481 e. The van der Waals surface area contributed by atoms with Gasteiger partial charge in [0.1, 0.15) is 0 Å². The van der Waals surface area contributed by atoms with E-state index in [-0.39, 0.29) is 6.42 Å². The molecule has 0 saturated carbocycles. The van der Waals surface area contributed by atoms with Gasteiger partial charge in [0, 0.05) is 5.69 Å². The number of hydrogen-bond donors (Lipinski definition) is 2. The molecule has 0 fully saturated rings. The molecule has 92 valence electrons. The molecule has 0 atom stereocenters. The molecule has 0 unspecified atom stereocenters. The van der Waals surface area contributed by atoms with E-state index < -0.39 is 5.97 Å². The fourth-order valence-corrected chi connectivity index (χ4v) is 1.93. The lowest BCUT2D eigenvalue weighted by atomic mass is 10.1. The molecule has 2 aromatic rings. The van der Waals surface area contributed by atoms with Crippen LogP contribution in [-0.4, -0.2) is 11.1 Å². The number of carboxylic acid groups (broad SMARTS) is 1. The van der Waals surface area contributed by atoms with E-state index in [1.54, 1.807) is 18.2 Å². The number of hydrogen-bond acceptors (Lipinski definition) is 2. The average Bonchev–Trinajstić information content (AvgIpc) is 2.34. The Morgan fingerprint density at radius 1 is 1.11 bits per heavy atom. The zero-order valence-electron chi connectivity index (χ0n) is 9.56. The largest absolute Gasteiger partial charge is 0.481 e. The van der Waals surface area contributed by atoms with Gasteiger partial charge >= 0.3 is 5.97 Å². The van der Waals surface area contributed by atoms with Gasteiger partial charge in [-0.2, -0.15) is 0 Å². The van der Waals surface area contributed by atoms with Gasteiger partial charge in [-0.1, -0.05) is 41.9 Å². The molecule has 0 saturated heterocycles. The fraction of sp³-hybridized carbons (Fsp3) is 0.0714. The summed E-state index contributed by atoms with van der Waals surface area (Å²) in [6.07, 6.45) is -0.0598. The number of anilines is 2. The van der Waals surface area contributed by atoms with Crippen LogP contribution in [0, 0.1) is 0 Å². The lowest BCUT2D eigenvalue weighted by molar-refractivity contribution is -0.136. The molecule has 0 radical (unpaired) electrons. The van der Waals surface area contributed by atoms with E-state index in [1.165, 1.54) is 0 Å². The average molecular weight is 262 g/mol. The van der Waals surface area contributed by atoms with Crippen LogP contribution in [0.15, 0.2) is 48.5 Å². The summed E-state index contributed by atoms with van der Waals surface area (Å²) < 4.78 is 0. The summed E-state index contributed by atoms with van der Waals surface area (Å²) in [7, 11) is 0. The van der Waals surface area contributed by atoms with Crippen LogP contribution in [0.25, 0.3) is 0 Å². The minimum absolute atomic E-state index is 0.0598. The van der Waals surface area contributed by atoms with Crippen molar-refractivity contribution in [2.75, 3.05) is 5.32 Å². The van der Waals surface area contributed by atoms with Crippen LogP contribution in [0.5, 0.6) is 0 Å². The van der Waals surface area contributed by atoms with Crippen LogP contribution in [0.4, 0.5) is 11.4 Å². The van der Waals surface area contributed by atoms with Gasteiger partial charge in [-0.25, -0.2) is 0 Å². The van der Waals surface area contributed by atoms with E-state index in [2.05, 4.69) is 5.32 Å². The van der Waals surface area contributed by atoms with Crippen molar-refractivity contribution in [1.29, 1.82) is 0 Å². The molecule has 0 bridgehead atoms. The summed E-state index contributed by atoms with van der Waals surface area (Å²) in [5.74, 6) is -0.881. The molecule has 4 heteroatoms. The van der Waals surface area contributed by atoms with E-state index in [0.29, 0.717) is 16.3 Å². The molecule has 0 aliphatic rings. The van der Waals surface area contributed by atoms with E-state index in [0.717, 1.165) is 5.69 Å². The van der Waals surface area contributed by atoms with Gasteiger partial charge in [-0.05, 0) is 23.8 Å². The van der Waals surface area contributed by atoms with E-state index in [1.807, 2.05) is 30.3 Å². The highest BCUT2D eigenvalue weighted by molar-refractivity contribution is 6.33. The van der Waals surface area contributed by atoms with Gasteiger partial charge in [0.25, 0.3) is 0 Å². The summed E-state index contributed by atoms with van der Waals surface area (Å²) in [6, 6.07) is 14.7. The van der Waals surface area contributed by atoms with Crippen LogP contribution < -0.4 is 5.32 Å². The molecule has 2 aromatic carbocycles. The van der Waals surface area contributed by atoms with Crippen molar-refractivity contribution in [3.63, 3.8) is 0 Å². The first-order chi connectivity index (χ1) is 8.66. The topological polar surface area (TPSA) is 49.3 Å². The normalized spacial score (nSPS) is 10.1. The second kappa shape index (κ2) is 5.56. The Hall–Kier alpha value is -2.00. The lowest BCUT2D eigenvalue weighted by Gasteiger charge is -2.12. The number of halogens is 1. The molecule has 2 rings (SSSR count). The van der Waals surface area contributed by atoms with E-state index in [9.17, 15) is 4.79 Å². The van der Waals surface area contributed by atoms with Gasteiger partial charge in [0.15, 0.2) is 0 Å². The Kier molecular flexibility index (Phi) is 3.85. The first kappa shape index (κ1) is 12.5. The minimum atomic E-state index is -0.881. The highest BCUT2D eigenvalue weighted by Crippen LogP contribution is 2.29. The zero-order valence-corrected chi connectivity index (χ0v) is 10.3. The molecule has 0 amide bonds. The maximum Gasteiger partial charge on any atom is 0.307 e. The second-order valence-electron chi connectivity index (χ2n) is 3.84. The van der Waals surface area contributed by atoms with Crippen LogP contribution in [0.3, 0.4) is 0 Å².